The summed E-state index contributed by atoms with van der Waals surface area (Å²) in [5.74, 6) is 0. The van der Waals surface area contributed by atoms with Crippen LogP contribution in [0.25, 0.3) is 88.1 Å². The number of rotatable bonds is 3. The van der Waals surface area contributed by atoms with Crippen molar-refractivity contribution in [1.82, 2.24) is 9.13 Å². The van der Waals surface area contributed by atoms with Crippen molar-refractivity contribution < 1.29 is 4.42 Å². The minimum Gasteiger partial charge on any atom is -0.453 e. The molecule has 0 radical (unpaired) electrons. The van der Waals surface area contributed by atoms with E-state index in [0.717, 1.165) is 76.9 Å². The Morgan fingerprint density at radius 1 is 0.431 bits per heavy atom. The molecule has 0 fully saturated rings. The predicted octanol–water partition coefficient (Wildman–Crippen LogP) is 11.1. The van der Waals surface area contributed by atoms with Gasteiger partial charge in [0.1, 0.15) is 17.7 Å². The number of nitriles is 3. The van der Waals surface area contributed by atoms with Crippen LogP contribution < -0.4 is 0 Å². The van der Waals surface area contributed by atoms with Crippen molar-refractivity contribution in [1.29, 1.82) is 15.8 Å². The number of aromatic nitrogens is 2. The lowest BCUT2D eigenvalue weighted by Crippen LogP contribution is -1.96. The van der Waals surface area contributed by atoms with Crippen molar-refractivity contribution in [2.45, 2.75) is 0 Å². The van der Waals surface area contributed by atoms with Crippen LogP contribution in [0.3, 0.4) is 0 Å². The molecule has 6 heteroatoms. The van der Waals surface area contributed by atoms with Crippen molar-refractivity contribution in [2.75, 3.05) is 0 Å². The summed E-state index contributed by atoms with van der Waals surface area (Å²) in [7, 11) is 0. The topological polar surface area (TPSA) is 94.4 Å². The second kappa shape index (κ2) is 10.7. The molecule has 0 unspecified atom stereocenters. The Labute approximate surface area is 291 Å². The van der Waals surface area contributed by atoms with E-state index in [2.05, 4.69) is 100 Å². The van der Waals surface area contributed by atoms with Crippen molar-refractivity contribution in [3.05, 3.63) is 156 Å². The highest BCUT2D eigenvalue weighted by atomic mass is 16.3. The van der Waals surface area contributed by atoms with Gasteiger partial charge >= 0.3 is 0 Å². The second-order valence-corrected chi connectivity index (χ2v) is 12.7. The van der Waals surface area contributed by atoms with Gasteiger partial charge in [-0.25, -0.2) is 0 Å². The summed E-state index contributed by atoms with van der Waals surface area (Å²) in [5.41, 5.74) is 10.6. The number of benzene rings is 7. The van der Waals surface area contributed by atoms with Crippen LogP contribution in [-0.4, -0.2) is 9.13 Å². The Morgan fingerprint density at radius 3 is 1.76 bits per heavy atom. The normalized spacial score (nSPS) is 11.5. The van der Waals surface area contributed by atoms with Crippen LogP contribution in [0.5, 0.6) is 0 Å². The smallest absolute Gasteiger partial charge is 0.154 e. The van der Waals surface area contributed by atoms with Crippen LogP contribution in [0, 0.1) is 34.0 Å². The van der Waals surface area contributed by atoms with E-state index < -0.39 is 0 Å². The van der Waals surface area contributed by atoms with Crippen LogP contribution >= 0.6 is 0 Å². The number of para-hydroxylation sites is 3. The lowest BCUT2D eigenvalue weighted by atomic mass is 10.0. The monoisotopic (exact) mass is 649 g/mol. The largest absolute Gasteiger partial charge is 0.453 e. The molecule has 0 aliphatic rings. The molecule has 6 nitrogen and oxygen atoms in total. The zero-order valence-electron chi connectivity index (χ0n) is 26.9. The first kappa shape index (κ1) is 28.4. The summed E-state index contributed by atoms with van der Waals surface area (Å²) in [5, 5.41) is 35.5. The van der Waals surface area contributed by atoms with E-state index in [4.69, 9.17) is 4.42 Å². The van der Waals surface area contributed by atoms with Gasteiger partial charge in [-0.1, -0.05) is 72.8 Å². The molecule has 0 saturated carbocycles. The first-order chi connectivity index (χ1) is 25.2. The average molecular weight is 650 g/mol. The Morgan fingerprint density at radius 2 is 1.06 bits per heavy atom. The lowest BCUT2D eigenvalue weighted by Gasteiger charge is -2.13. The Hall–Kier alpha value is -7.59. The standard InChI is InChI=1S/C45H23N5O/c46-24-27-18-19-41-36(20-27)33-13-1-3-16-39(33)49(41)31-11-5-8-28(21-31)29-9-6-12-32(22-29)50-40-17-4-2-14-35(40)43-38(26-48)45-37(23-42(43)50)34-15-7-10-30(25-47)44(34)51-45/h1-23H. The zero-order chi connectivity index (χ0) is 34.2. The van der Waals surface area contributed by atoms with Gasteiger partial charge in [0.05, 0.1) is 39.3 Å². The molecule has 10 aromatic rings. The Balaban J connectivity index is 1.19. The van der Waals surface area contributed by atoms with Crippen molar-refractivity contribution in [2.24, 2.45) is 0 Å². The summed E-state index contributed by atoms with van der Waals surface area (Å²) in [6.45, 7) is 0. The van der Waals surface area contributed by atoms with E-state index in [0.29, 0.717) is 27.9 Å². The fourth-order valence-electron chi connectivity index (χ4n) is 7.82. The molecule has 0 spiro atoms. The molecule has 0 atom stereocenters. The number of nitrogens with zero attached hydrogens (tertiary/aromatic N) is 5. The average Bonchev–Trinajstić information content (AvgIpc) is 3.84. The summed E-state index contributed by atoms with van der Waals surface area (Å²) in [6.07, 6.45) is 0. The van der Waals surface area contributed by atoms with Gasteiger partial charge < -0.3 is 13.6 Å². The molecule has 0 N–H and O–H groups in total. The van der Waals surface area contributed by atoms with Gasteiger partial charge in [-0.2, -0.15) is 15.8 Å². The van der Waals surface area contributed by atoms with Crippen LogP contribution in [0.4, 0.5) is 0 Å². The molecule has 0 amide bonds. The third-order valence-electron chi connectivity index (χ3n) is 10.00. The molecular weight excluding hydrogens is 627 g/mol. The van der Waals surface area contributed by atoms with Crippen molar-refractivity contribution >= 4 is 65.6 Å². The zero-order valence-corrected chi connectivity index (χ0v) is 26.9. The van der Waals surface area contributed by atoms with Crippen LogP contribution in [0.15, 0.2) is 144 Å². The molecule has 51 heavy (non-hydrogen) atoms. The van der Waals surface area contributed by atoms with Crippen molar-refractivity contribution in [3.63, 3.8) is 0 Å². The minimum atomic E-state index is 0.438. The Bertz CT molecular complexity index is 3240. The van der Waals surface area contributed by atoms with E-state index in [-0.39, 0.29) is 0 Å². The maximum Gasteiger partial charge on any atom is 0.154 e. The quantitative estimate of drug-likeness (QED) is 0.190. The molecule has 0 bridgehead atoms. The third kappa shape index (κ3) is 4.01. The second-order valence-electron chi connectivity index (χ2n) is 12.7. The van der Waals surface area contributed by atoms with Gasteiger partial charge in [-0.15, -0.1) is 0 Å². The fraction of sp³-hybridized carbons (Fsp3) is 0. The molecule has 7 aromatic carbocycles. The lowest BCUT2D eigenvalue weighted by molar-refractivity contribution is 0.667. The highest BCUT2D eigenvalue weighted by Crippen LogP contribution is 2.42. The van der Waals surface area contributed by atoms with E-state index >= 15 is 0 Å². The number of furan rings is 1. The van der Waals surface area contributed by atoms with Gasteiger partial charge in [-0.3, -0.25) is 0 Å². The molecule has 234 valence electrons. The highest BCUT2D eigenvalue weighted by Gasteiger charge is 2.23. The van der Waals surface area contributed by atoms with Gasteiger partial charge in [-0.05, 0) is 77.9 Å². The maximum absolute atomic E-state index is 10.6. The summed E-state index contributed by atoms with van der Waals surface area (Å²) in [4.78, 5) is 0. The summed E-state index contributed by atoms with van der Waals surface area (Å²) >= 11 is 0. The number of fused-ring (bicyclic) bond motifs is 9. The first-order valence-corrected chi connectivity index (χ1v) is 16.5. The highest BCUT2D eigenvalue weighted by molar-refractivity contribution is 6.21. The Kier molecular flexibility index (Phi) is 5.97. The van der Waals surface area contributed by atoms with E-state index in [1.54, 1.807) is 6.07 Å². The van der Waals surface area contributed by atoms with Gasteiger partial charge in [0.2, 0.25) is 0 Å². The van der Waals surface area contributed by atoms with Crippen LogP contribution in [0.2, 0.25) is 0 Å². The van der Waals surface area contributed by atoms with E-state index in [1.807, 2.05) is 60.7 Å². The molecule has 10 rings (SSSR count). The van der Waals surface area contributed by atoms with E-state index in [1.165, 1.54) is 0 Å². The van der Waals surface area contributed by atoms with Crippen LogP contribution in [-0.2, 0) is 0 Å². The fourth-order valence-corrected chi connectivity index (χ4v) is 7.82. The SMILES string of the molecule is N#Cc1ccc2c(c1)c1ccccc1n2-c1cccc(-c2cccc(-n3c4ccccc4c4c(C#N)c5oc6c(C#N)cccc6c5cc43)c2)c1. The third-order valence-corrected chi connectivity index (χ3v) is 10.00. The van der Waals surface area contributed by atoms with Gasteiger partial charge in [0.15, 0.2) is 11.2 Å². The molecule has 3 heterocycles. The molecule has 0 saturated heterocycles. The number of hydrogen-bond donors (Lipinski definition) is 0. The van der Waals surface area contributed by atoms with Gasteiger partial charge in [0.25, 0.3) is 0 Å². The molecule has 0 aliphatic heterocycles. The van der Waals surface area contributed by atoms with Crippen molar-refractivity contribution in [3.8, 4) is 40.7 Å². The van der Waals surface area contributed by atoms with Crippen LogP contribution in [0.1, 0.15) is 16.7 Å². The van der Waals surface area contributed by atoms with Gasteiger partial charge in [0, 0.05) is 43.7 Å². The van der Waals surface area contributed by atoms with E-state index in [9.17, 15) is 15.8 Å². The summed E-state index contributed by atoms with van der Waals surface area (Å²) in [6, 6.07) is 53.9. The maximum atomic E-state index is 10.6. The minimum absolute atomic E-state index is 0.438. The summed E-state index contributed by atoms with van der Waals surface area (Å²) < 4.78 is 10.8. The first-order valence-electron chi connectivity index (χ1n) is 16.5. The molecule has 0 aliphatic carbocycles. The number of hydrogen-bond acceptors (Lipinski definition) is 4. The molecular formula is C45H23N5O. The predicted molar refractivity (Wildman–Crippen MR) is 202 cm³/mol. The molecule has 3 aromatic heterocycles.